The zero-order valence-corrected chi connectivity index (χ0v) is 6.08. The van der Waals surface area contributed by atoms with Crippen LogP contribution in [0.1, 0.15) is 32.1 Å². The lowest BCUT2D eigenvalue weighted by atomic mass is 9.90. The third kappa shape index (κ3) is 0.877. The van der Waals surface area contributed by atoms with Crippen molar-refractivity contribution in [2.75, 3.05) is 0 Å². The molecular formula is C8H12N2. The molecule has 0 amide bonds. The predicted molar refractivity (Wildman–Crippen MR) is 42.8 cm³/mol. The van der Waals surface area contributed by atoms with E-state index in [9.17, 15) is 0 Å². The fourth-order valence-electron chi connectivity index (χ4n) is 1.75. The summed E-state index contributed by atoms with van der Waals surface area (Å²) in [6, 6.07) is 0. The normalized spacial score (nSPS) is 28.0. The smallest absolute Gasteiger partial charge is 0.150 e. The maximum absolute atomic E-state index is 4.38. The van der Waals surface area contributed by atoms with Crippen LogP contribution in [-0.4, -0.2) is 18.1 Å². The first-order chi connectivity index (χ1) is 4.91. The largest absolute Gasteiger partial charge is 0.262 e. The van der Waals surface area contributed by atoms with E-state index in [0.29, 0.717) is 0 Å². The Morgan fingerprint density at radius 3 is 2.10 bits per heavy atom. The van der Waals surface area contributed by atoms with Crippen LogP contribution in [0.5, 0.6) is 0 Å². The van der Waals surface area contributed by atoms with Gasteiger partial charge in [-0.2, -0.15) is 0 Å². The van der Waals surface area contributed by atoms with Crippen LogP contribution in [0.2, 0.25) is 0 Å². The number of rotatable bonds is 0. The minimum Gasteiger partial charge on any atom is -0.262 e. The molecule has 2 aliphatic rings. The van der Waals surface area contributed by atoms with Gasteiger partial charge in [-0.05, 0) is 25.7 Å². The fourth-order valence-corrected chi connectivity index (χ4v) is 1.75. The van der Waals surface area contributed by atoms with E-state index in [4.69, 9.17) is 0 Å². The van der Waals surface area contributed by atoms with Crippen molar-refractivity contribution in [2.24, 2.45) is 9.98 Å². The van der Waals surface area contributed by atoms with Gasteiger partial charge in [-0.1, -0.05) is 6.42 Å². The summed E-state index contributed by atoms with van der Waals surface area (Å²) in [6.07, 6.45) is 9.98. The average Bonchev–Trinajstić information content (AvgIpc) is 2.39. The molecule has 0 bridgehead atoms. The molecule has 0 saturated heterocycles. The molecular weight excluding hydrogens is 124 g/mol. The number of hydrogen-bond donors (Lipinski definition) is 0. The highest BCUT2D eigenvalue weighted by Gasteiger charge is 2.30. The van der Waals surface area contributed by atoms with Gasteiger partial charge < -0.3 is 0 Å². The van der Waals surface area contributed by atoms with Gasteiger partial charge in [0.05, 0.1) is 0 Å². The minimum absolute atomic E-state index is 0.0122. The van der Waals surface area contributed by atoms with Crippen LogP contribution in [0.4, 0.5) is 0 Å². The van der Waals surface area contributed by atoms with E-state index >= 15 is 0 Å². The summed E-state index contributed by atoms with van der Waals surface area (Å²) in [5.41, 5.74) is 0.0122. The molecule has 2 heteroatoms. The van der Waals surface area contributed by atoms with E-state index in [0.717, 1.165) is 0 Å². The van der Waals surface area contributed by atoms with Gasteiger partial charge in [0, 0.05) is 12.4 Å². The van der Waals surface area contributed by atoms with Crippen molar-refractivity contribution in [3.63, 3.8) is 0 Å². The van der Waals surface area contributed by atoms with Crippen molar-refractivity contribution in [3.05, 3.63) is 0 Å². The standard InChI is InChI=1S/C8H12N2/c1-2-4-8(5-3-1)9-6-7-10-8/h6-7H,1-5H2. The lowest BCUT2D eigenvalue weighted by molar-refractivity contribution is 0.317. The summed E-state index contributed by atoms with van der Waals surface area (Å²) in [7, 11) is 0. The Morgan fingerprint density at radius 2 is 1.50 bits per heavy atom. The third-order valence-electron chi connectivity index (χ3n) is 2.35. The Balaban J connectivity index is 2.13. The van der Waals surface area contributed by atoms with Crippen molar-refractivity contribution >= 4 is 12.4 Å². The minimum atomic E-state index is 0.0122. The van der Waals surface area contributed by atoms with Crippen LogP contribution in [0, 0.1) is 0 Å². The maximum atomic E-state index is 4.38. The van der Waals surface area contributed by atoms with Crippen LogP contribution in [0.15, 0.2) is 9.98 Å². The van der Waals surface area contributed by atoms with Crippen LogP contribution in [0.25, 0.3) is 0 Å². The Morgan fingerprint density at radius 1 is 0.900 bits per heavy atom. The molecule has 1 spiro atoms. The Bertz CT molecular complexity index is 162. The molecule has 0 aromatic heterocycles. The quantitative estimate of drug-likeness (QED) is 0.485. The van der Waals surface area contributed by atoms with Gasteiger partial charge in [0.15, 0.2) is 0 Å². The van der Waals surface area contributed by atoms with Gasteiger partial charge >= 0.3 is 0 Å². The van der Waals surface area contributed by atoms with Gasteiger partial charge in [0.1, 0.15) is 5.66 Å². The van der Waals surface area contributed by atoms with Crippen molar-refractivity contribution in [1.82, 2.24) is 0 Å². The van der Waals surface area contributed by atoms with E-state index < -0.39 is 0 Å². The van der Waals surface area contributed by atoms with Crippen LogP contribution < -0.4 is 0 Å². The van der Waals surface area contributed by atoms with Gasteiger partial charge in [-0.15, -0.1) is 0 Å². The SMILES string of the molecule is C1=NC2(CCCCC2)N=C1. The number of hydrogen-bond acceptors (Lipinski definition) is 2. The van der Waals surface area contributed by atoms with Crippen molar-refractivity contribution in [1.29, 1.82) is 0 Å². The molecule has 54 valence electrons. The first kappa shape index (κ1) is 6.08. The fraction of sp³-hybridized carbons (Fsp3) is 0.750. The number of aliphatic imine (C=N–C) groups is 2. The third-order valence-corrected chi connectivity index (χ3v) is 2.35. The molecule has 0 radical (unpaired) electrons. The maximum Gasteiger partial charge on any atom is 0.150 e. The van der Waals surface area contributed by atoms with Gasteiger partial charge in [0.2, 0.25) is 0 Å². The second-order valence-electron chi connectivity index (χ2n) is 3.10. The molecule has 1 saturated carbocycles. The first-order valence-corrected chi connectivity index (χ1v) is 4.00. The zero-order valence-electron chi connectivity index (χ0n) is 6.08. The summed E-state index contributed by atoms with van der Waals surface area (Å²) >= 11 is 0. The predicted octanol–water partition coefficient (Wildman–Crippen LogP) is 1.80. The van der Waals surface area contributed by atoms with Gasteiger partial charge in [0.25, 0.3) is 0 Å². The summed E-state index contributed by atoms with van der Waals surface area (Å²) in [5, 5.41) is 0. The van der Waals surface area contributed by atoms with E-state index in [1.807, 2.05) is 12.4 Å². The molecule has 0 unspecified atom stereocenters. The second kappa shape index (κ2) is 2.19. The molecule has 0 aromatic carbocycles. The lowest BCUT2D eigenvalue weighted by Crippen LogP contribution is -2.24. The van der Waals surface area contributed by atoms with Crippen LogP contribution in [0.3, 0.4) is 0 Å². The highest BCUT2D eigenvalue weighted by molar-refractivity contribution is 6.17. The molecule has 0 atom stereocenters. The molecule has 2 rings (SSSR count). The number of nitrogens with zero attached hydrogens (tertiary/aromatic N) is 2. The van der Waals surface area contributed by atoms with E-state index in [2.05, 4.69) is 9.98 Å². The van der Waals surface area contributed by atoms with Crippen molar-refractivity contribution < 1.29 is 0 Å². The lowest BCUT2D eigenvalue weighted by Gasteiger charge is -2.26. The molecule has 1 heterocycles. The molecule has 2 nitrogen and oxygen atoms in total. The van der Waals surface area contributed by atoms with Gasteiger partial charge in [-0.3, -0.25) is 9.98 Å². The van der Waals surface area contributed by atoms with E-state index in [1.54, 1.807) is 0 Å². The summed E-state index contributed by atoms with van der Waals surface area (Å²) in [5.74, 6) is 0. The highest BCUT2D eigenvalue weighted by Crippen LogP contribution is 2.33. The molecule has 1 aliphatic heterocycles. The van der Waals surface area contributed by atoms with E-state index in [1.165, 1.54) is 32.1 Å². The molecule has 1 fully saturated rings. The Labute approximate surface area is 61.1 Å². The van der Waals surface area contributed by atoms with Crippen molar-refractivity contribution in [2.45, 2.75) is 37.8 Å². The van der Waals surface area contributed by atoms with Crippen molar-refractivity contribution in [3.8, 4) is 0 Å². The van der Waals surface area contributed by atoms with Crippen LogP contribution >= 0.6 is 0 Å². The Hall–Kier alpha value is -0.660. The molecule has 0 N–H and O–H groups in total. The monoisotopic (exact) mass is 136 g/mol. The Kier molecular flexibility index (Phi) is 1.33. The molecule has 1 aliphatic carbocycles. The average molecular weight is 136 g/mol. The summed E-state index contributed by atoms with van der Waals surface area (Å²) in [6.45, 7) is 0. The highest BCUT2D eigenvalue weighted by atomic mass is 15.1. The second-order valence-corrected chi connectivity index (χ2v) is 3.10. The summed E-state index contributed by atoms with van der Waals surface area (Å²) < 4.78 is 0. The zero-order chi connectivity index (χ0) is 6.86. The van der Waals surface area contributed by atoms with E-state index in [-0.39, 0.29) is 5.66 Å². The molecule has 10 heavy (non-hydrogen) atoms. The van der Waals surface area contributed by atoms with Gasteiger partial charge in [-0.25, -0.2) is 0 Å². The summed E-state index contributed by atoms with van der Waals surface area (Å²) in [4.78, 5) is 8.76. The topological polar surface area (TPSA) is 24.7 Å². The molecule has 0 aromatic rings. The van der Waals surface area contributed by atoms with Crippen LogP contribution in [-0.2, 0) is 0 Å². The first-order valence-electron chi connectivity index (χ1n) is 4.00.